The summed E-state index contributed by atoms with van der Waals surface area (Å²) in [5.41, 5.74) is 1.48. The smallest absolute Gasteiger partial charge is 0.349 e. The van der Waals surface area contributed by atoms with Gasteiger partial charge in [0.25, 0.3) is 0 Å². The van der Waals surface area contributed by atoms with Gasteiger partial charge in [-0.1, -0.05) is 24.3 Å². The van der Waals surface area contributed by atoms with Gasteiger partial charge in [0.2, 0.25) is 0 Å². The second-order valence-corrected chi connectivity index (χ2v) is 8.03. The van der Waals surface area contributed by atoms with Crippen molar-refractivity contribution in [1.29, 1.82) is 0 Å². The molecule has 0 saturated carbocycles. The molecule has 3 N–H and O–H groups in total. The van der Waals surface area contributed by atoms with Crippen molar-refractivity contribution >= 4 is 45.2 Å². The molecule has 31 heavy (non-hydrogen) atoms. The summed E-state index contributed by atoms with van der Waals surface area (Å²) in [6.07, 6.45) is 0. The van der Waals surface area contributed by atoms with E-state index in [2.05, 4.69) is 15.9 Å². The van der Waals surface area contributed by atoms with E-state index in [9.17, 15) is 19.5 Å². The molecule has 0 bridgehead atoms. The SMILES string of the molecule is O=C(O)COc1c(C(=O)O)sc(-c2cccc(OCc3cccc(C(=O)O)c3)c2)c1Br. The van der Waals surface area contributed by atoms with Gasteiger partial charge in [-0.3, -0.25) is 0 Å². The van der Waals surface area contributed by atoms with Gasteiger partial charge in [-0.05, 0) is 51.3 Å². The van der Waals surface area contributed by atoms with E-state index < -0.39 is 24.5 Å². The molecule has 3 aromatic rings. The van der Waals surface area contributed by atoms with Gasteiger partial charge in [-0.15, -0.1) is 11.3 Å². The summed E-state index contributed by atoms with van der Waals surface area (Å²) >= 11 is 4.25. The third kappa shape index (κ3) is 5.41. The number of carboxylic acid groups (broad SMARTS) is 3. The molecular formula is C21H15BrO8S. The number of carbonyl (C=O) groups is 3. The summed E-state index contributed by atoms with van der Waals surface area (Å²) in [4.78, 5) is 33.9. The summed E-state index contributed by atoms with van der Waals surface area (Å²) in [6.45, 7) is -0.531. The number of carboxylic acids is 3. The number of thiophene rings is 1. The third-order valence-corrected chi connectivity index (χ3v) is 6.25. The fraction of sp³-hybridized carbons (Fsp3) is 0.0952. The van der Waals surface area contributed by atoms with Crippen LogP contribution >= 0.6 is 27.3 Å². The molecule has 0 fully saturated rings. The lowest BCUT2D eigenvalue weighted by Gasteiger charge is -2.09. The normalized spacial score (nSPS) is 10.5. The van der Waals surface area contributed by atoms with Crippen LogP contribution in [0.1, 0.15) is 25.6 Å². The van der Waals surface area contributed by atoms with E-state index in [0.717, 1.165) is 11.3 Å². The van der Waals surface area contributed by atoms with Gasteiger partial charge >= 0.3 is 17.9 Å². The second-order valence-electron chi connectivity index (χ2n) is 6.21. The summed E-state index contributed by atoms with van der Waals surface area (Å²) in [6, 6.07) is 13.3. The molecule has 1 heterocycles. The molecule has 0 saturated heterocycles. The maximum absolute atomic E-state index is 11.6. The van der Waals surface area contributed by atoms with E-state index in [1.165, 1.54) is 12.1 Å². The molecule has 0 aliphatic heterocycles. The number of aliphatic carboxylic acids is 1. The number of ether oxygens (including phenoxy) is 2. The average Bonchev–Trinajstić information content (AvgIpc) is 3.07. The summed E-state index contributed by atoms with van der Waals surface area (Å²) in [5.74, 6) is -3.04. The zero-order valence-corrected chi connectivity index (χ0v) is 18.1. The zero-order valence-electron chi connectivity index (χ0n) is 15.7. The molecule has 0 amide bonds. The van der Waals surface area contributed by atoms with Crippen molar-refractivity contribution < 1.29 is 39.2 Å². The number of rotatable bonds is 9. The molecule has 2 aromatic carbocycles. The molecule has 0 aliphatic rings. The molecule has 0 aliphatic carbocycles. The van der Waals surface area contributed by atoms with Crippen molar-refractivity contribution in [2.45, 2.75) is 6.61 Å². The lowest BCUT2D eigenvalue weighted by molar-refractivity contribution is -0.139. The maximum Gasteiger partial charge on any atom is 0.349 e. The second kappa shape index (κ2) is 9.63. The van der Waals surface area contributed by atoms with Gasteiger partial charge in [0.05, 0.1) is 14.9 Å². The fourth-order valence-corrected chi connectivity index (χ4v) is 4.56. The highest BCUT2D eigenvalue weighted by Crippen LogP contribution is 2.46. The molecule has 160 valence electrons. The van der Waals surface area contributed by atoms with Crippen LogP contribution in [0.4, 0.5) is 0 Å². The lowest BCUT2D eigenvalue weighted by atomic mass is 10.1. The van der Waals surface area contributed by atoms with Crippen LogP contribution in [0.5, 0.6) is 11.5 Å². The van der Waals surface area contributed by atoms with Crippen molar-refractivity contribution in [2.75, 3.05) is 6.61 Å². The van der Waals surface area contributed by atoms with Crippen LogP contribution in [0.2, 0.25) is 0 Å². The highest BCUT2D eigenvalue weighted by molar-refractivity contribution is 9.10. The molecule has 0 radical (unpaired) electrons. The fourth-order valence-electron chi connectivity index (χ4n) is 2.67. The van der Waals surface area contributed by atoms with Crippen LogP contribution < -0.4 is 9.47 Å². The van der Waals surface area contributed by atoms with Crippen LogP contribution in [-0.2, 0) is 11.4 Å². The predicted octanol–water partition coefficient (Wildman–Crippen LogP) is 4.62. The number of aromatic carboxylic acids is 2. The Morgan fingerprint density at radius 2 is 1.68 bits per heavy atom. The standard InChI is InChI=1S/C21H15BrO8S/c22-16-17(30-10-15(23)24)19(21(27)28)31-18(16)12-4-2-6-14(8-12)29-9-11-3-1-5-13(7-11)20(25)26/h1-8H,9-10H2,(H,23,24)(H,25,26)(H,27,28). The van der Waals surface area contributed by atoms with Crippen molar-refractivity contribution in [3.05, 3.63) is 69.0 Å². The monoisotopic (exact) mass is 506 g/mol. The molecule has 0 unspecified atom stereocenters. The highest BCUT2D eigenvalue weighted by Gasteiger charge is 2.24. The summed E-state index contributed by atoms with van der Waals surface area (Å²) in [5, 5.41) is 27.3. The molecule has 10 heteroatoms. The zero-order chi connectivity index (χ0) is 22.5. The van der Waals surface area contributed by atoms with E-state index in [0.29, 0.717) is 26.2 Å². The first-order chi connectivity index (χ1) is 14.8. The van der Waals surface area contributed by atoms with E-state index in [1.54, 1.807) is 36.4 Å². The van der Waals surface area contributed by atoms with Gasteiger partial charge in [0.1, 0.15) is 12.4 Å². The first kappa shape index (κ1) is 22.3. The van der Waals surface area contributed by atoms with Gasteiger partial charge in [-0.2, -0.15) is 0 Å². The lowest BCUT2D eigenvalue weighted by Crippen LogP contribution is -2.11. The molecule has 0 atom stereocenters. The van der Waals surface area contributed by atoms with Crippen molar-refractivity contribution in [3.8, 4) is 21.9 Å². The van der Waals surface area contributed by atoms with Gasteiger partial charge in [-0.25, -0.2) is 14.4 Å². The van der Waals surface area contributed by atoms with E-state index in [-0.39, 0.29) is 22.8 Å². The third-order valence-electron chi connectivity index (χ3n) is 4.02. The van der Waals surface area contributed by atoms with E-state index in [1.807, 2.05) is 0 Å². The Bertz CT molecular complexity index is 1150. The molecule has 0 spiro atoms. The minimum Gasteiger partial charge on any atom is -0.489 e. The molecule has 1 aromatic heterocycles. The summed E-state index contributed by atoms with van der Waals surface area (Å²) < 4.78 is 11.3. The number of halogens is 1. The average molecular weight is 507 g/mol. The Kier molecular flexibility index (Phi) is 6.93. The van der Waals surface area contributed by atoms with Crippen LogP contribution in [0.15, 0.2) is 53.0 Å². The van der Waals surface area contributed by atoms with Gasteiger partial charge < -0.3 is 24.8 Å². The number of hydrogen-bond acceptors (Lipinski definition) is 6. The minimum atomic E-state index is -1.23. The van der Waals surface area contributed by atoms with Gasteiger partial charge in [0, 0.05) is 0 Å². The number of benzene rings is 2. The van der Waals surface area contributed by atoms with Crippen molar-refractivity contribution in [1.82, 2.24) is 0 Å². The quantitative estimate of drug-likeness (QED) is 0.383. The van der Waals surface area contributed by atoms with E-state index >= 15 is 0 Å². The molecule has 8 nitrogen and oxygen atoms in total. The Morgan fingerprint density at radius 1 is 0.935 bits per heavy atom. The van der Waals surface area contributed by atoms with Crippen LogP contribution in [0.25, 0.3) is 10.4 Å². The van der Waals surface area contributed by atoms with E-state index in [4.69, 9.17) is 19.7 Å². The van der Waals surface area contributed by atoms with Crippen LogP contribution in [-0.4, -0.2) is 39.8 Å². The predicted molar refractivity (Wildman–Crippen MR) is 115 cm³/mol. The Morgan fingerprint density at radius 3 is 2.35 bits per heavy atom. The minimum absolute atomic E-state index is 0.0493. The van der Waals surface area contributed by atoms with Crippen LogP contribution in [0.3, 0.4) is 0 Å². The molecular weight excluding hydrogens is 492 g/mol. The topological polar surface area (TPSA) is 130 Å². The molecule has 3 rings (SSSR count). The first-order valence-electron chi connectivity index (χ1n) is 8.72. The Hall–Kier alpha value is -3.37. The van der Waals surface area contributed by atoms with Crippen molar-refractivity contribution in [3.63, 3.8) is 0 Å². The Labute approximate surface area is 188 Å². The van der Waals surface area contributed by atoms with Gasteiger partial charge in [0.15, 0.2) is 17.2 Å². The number of hydrogen-bond donors (Lipinski definition) is 3. The van der Waals surface area contributed by atoms with Crippen LogP contribution in [0, 0.1) is 0 Å². The van der Waals surface area contributed by atoms with Crippen molar-refractivity contribution in [2.24, 2.45) is 0 Å². The Balaban J connectivity index is 1.85. The summed E-state index contributed by atoms with van der Waals surface area (Å²) in [7, 11) is 0. The maximum atomic E-state index is 11.6. The first-order valence-corrected chi connectivity index (χ1v) is 10.3. The largest absolute Gasteiger partial charge is 0.489 e. The highest BCUT2D eigenvalue weighted by atomic mass is 79.9.